The Hall–Kier alpha value is -0.260. The van der Waals surface area contributed by atoms with Crippen molar-refractivity contribution in [3.63, 3.8) is 0 Å². The Kier molecular flexibility index (Phi) is 7.40. The van der Waals surface area contributed by atoms with Gasteiger partial charge in [-0.1, -0.05) is 13.8 Å². The highest BCUT2D eigenvalue weighted by Gasteiger charge is 2.20. The van der Waals surface area contributed by atoms with Crippen LogP contribution in [0.2, 0.25) is 0 Å². The Morgan fingerprint density at radius 1 is 1.16 bits per heavy atom. The van der Waals surface area contributed by atoms with E-state index in [1.807, 2.05) is 13.8 Å². The molecule has 10 heteroatoms. The number of ether oxygens (including phenoxy) is 1. The molecule has 0 fully saturated rings. The molecule has 0 rings (SSSR count). The van der Waals surface area contributed by atoms with Crippen LogP contribution in [-0.2, 0) is 29.3 Å². The molecule has 0 aromatic heterocycles. The smallest absolute Gasteiger partial charge is 0.371 e. The van der Waals surface area contributed by atoms with E-state index in [1.54, 1.807) is 6.92 Å². The van der Waals surface area contributed by atoms with Gasteiger partial charge in [-0.2, -0.15) is 8.42 Å². The molecule has 2 atom stereocenters. The lowest BCUT2D eigenvalue weighted by Gasteiger charge is -2.24. The number of rotatable bonds is 9. The average molecular weight is 319 g/mol. The van der Waals surface area contributed by atoms with Gasteiger partial charge in [-0.15, -0.1) is 0 Å². The van der Waals surface area contributed by atoms with E-state index < -0.39 is 33.1 Å². The molecule has 0 aromatic rings. The minimum atomic E-state index is -4.59. The van der Waals surface area contributed by atoms with E-state index in [0.29, 0.717) is 0 Å². The lowest BCUT2D eigenvalue weighted by molar-refractivity contribution is -0.0417. The second-order valence-electron chi connectivity index (χ2n) is 4.54. The molecule has 2 N–H and O–H groups in total. The van der Waals surface area contributed by atoms with Crippen molar-refractivity contribution in [1.29, 1.82) is 0 Å². The molecule has 116 valence electrons. The number of hydrogen-bond donors (Lipinski definition) is 2. The fourth-order valence-electron chi connectivity index (χ4n) is 1.01. The van der Waals surface area contributed by atoms with Gasteiger partial charge in [0.05, 0.1) is 25.1 Å². The van der Waals surface area contributed by atoms with Crippen LogP contribution in [0, 0.1) is 5.92 Å². The summed E-state index contributed by atoms with van der Waals surface area (Å²) >= 11 is 0. The molecule has 0 heterocycles. The fourth-order valence-corrected chi connectivity index (χ4v) is 1.83. The van der Waals surface area contributed by atoms with Gasteiger partial charge in [-0.05, 0) is 12.8 Å². The zero-order valence-electron chi connectivity index (χ0n) is 11.4. The molecular weight excluding hydrogens is 298 g/mol. The Morgan fingerprint density at radius 2 is 1.68 bits per heavy atom. The molecule has 0 saturated heterocycles. The van der Waals surface area contributed by atoms with Gasteiger partial charge >= 0.3 is 10.4 Å². The van der Waals surface area contributed by atoms with Crippen LogP contribution in [-0.4, -0.2) is 53.0 Å². The van der Waals surface area contributed by atoms with Crippen molar-refractivity contribution in [3.8, 4) is 0 Å². The first-order chi connectivity index (χ1) is 8.41. The minimum Gasteiger partial charge on any atom is -0.371 e. The Balaban J connectivity index is 4.55. The summed E-state index contributed by atoms with van der Waals surface area (Å²) in [5.41, 5.74) is 0. The maximum absolute atomic E-state index is 11.0. The van der Waals surface area contributed by atoms with Crippen molar-refractivity contribution < 1.29 is 30.3 Å². The Morgan fingerprint density at radius 3 is 2.05 bits per heavy atom. The molecule has 0 aliphatic rings. The summed E-state index contributed by atoms with van der Waals surface area (Å²) in [6.45, 7) is 4.94. The maximum Gasteiger partial charge on any atom is 0.397 e. The second kappa shape index (κ2) is 7.50. The summed E-state index contributed by atoms with van der Waals surface area (Å²) in [5.74, 6) is 0.159. The molecule has 0 amide bonds. The first kappa shape index (κ1) is 18.7. The summed E-state index contributed by atoms with van der Waals surface area (Å²) in [6.07, 6.45) is -0.0787. The lowest BCUT2D eigenvalue weighted by atomic mass is 10.1. The summed E-state index contributed by atoms with van der Waals surface area (Å²) in [5, 5.41) is 0. The van der Waals surface area contributed by atoms with Gasteiger partial charge in [0.25, 0.3) is 0 Å². The van der Waals surface area contributed by atoms with Gasteiger partial charge in [0.1, 0.15) is 0 Å². The molecule has 0 saturated carbocycles. The van der Waals surface area contributed by atoms with Gasteiger partial charge in [0.15, 0.2) is 0 Å². The van der Waals surface area contributed by atoms with Crippen molar-refractivity contribution >= 4 is 20.4 Å². The SMILES string of the molecule is CC(C)C(C)OC(CNS(C)(=O)=O)COS(=O)(=O)O. The summed E-state index contributed by atoms with van der Waals surface area (Å²) in [6, 6.07) is 0. The topological polar surface area (TPSA) is 119 Å². The molecule has 19 heavy (non-hydrogen) atoms. The third-order valence-corrected chi connectivity index (χ3v) is 3.45. The predicted molar refractivity (Wildman–Crippen MR) is 69.5 cm³/mol. The fraction of sp³-hybridized carbons (Fsp3) is 1.00. The Labute approximate surface area is 114 Å². The summed E-state index contributed by atoms with van der Waals surface area (Å²) in [4.78, 5) is 0. The van der Waals surface area contributed by atoms with E-state index in [2.05, 4.69) is 8.91 Å². The third kappa shape index (κ3) is 11.3. The van der Waals surface area contributed by atoms with Gasteiger partial charge in [-0.3, -0.25) is 4.55 Å². The van der Waals surface area contributed by atoms with Crippen molar-refractivity contribution in [2.75, 3.05) is 19.4 Å². The van der Waals surface area contributed by atoms with Crippen molar-refractivity contribution in [3.05, 3.63) is 0 Å². The molecular formula is C9H21NO7S2. The predicted octanol–water partition coefficient (Wildman–Crippen LogP) is -0.215. The monoisotopic (exact) mass is 319 g/mol. The van der Waals surface area contributed by atoms with Crippen LogP contribution in [0.5, 0.6) is 0 Å². The van der Waals surface area contributed by atoms with Gasteiger partial charge in [0.2, 0.25) is 10.0 Å². The van der Waals surface area contributed by atoms with Crippen LogP contribution in [0.4, 0.5) is 0 Å². The van der Waals surface area contributed by atoms with E-state index in [0.717, 1.165) is 6.26 Å². The second-order valence-corrected chi connectivity index (χ2v) is 7.46. The molecule has 8 nitrogen and oxygen atoms in total. The number of hydrogen-bond acceptors (Lipinski definition) is 6. The van der Waals surface area contributed by atoms with E-state index >= 15 is 0 Å². The van der Waals surface area contributed by atoms with Crippen LogP contribution in [0.25, 0.3) is 0 Å². The average Bonchev–Trinajstić information content (AvgIpc) is 2.19. The van der Waals surface area contributed by atoms with Gasteiger partial charge in [-0.25, -0.2) is 17.3 Å². The van der Waals surface area contributed by atoms with E-state index in [9.17, 15) is 16.8 Å². The lowest BCUT2D eigenvalue weighted by Crippen LogP contribution is -2.39. The van der Waals surface area contributed by atoms with Gasteiger partial charge < -0.3 is 4.74 Å². The largest absolute Gasteiger partial charge is 0.397 e. The maximum atomic E-state index is 11.0. The molecule has 0 bridgehead atoms. The number of nitrogens with one attached hydrogen (secondary N) is 1. The van der Waals surface area contributed by atoms with Gasteiger partial charge in [0, 0.05) is 6.54 Å². The quantitative estimate of drug-likeness (QED) is 0.564. The van der Waals surface area contributed by atoms with Crippen LogP contribution >= 0.6 is 0 Å². The minimum absolute atomic E-state index is 0.147. The van der Waals surface area contributed by atoms with E-state index in [1.165, 1.54) is 0 Å². The Bertz CT molecular complexity index is 421. The van der Waals surface area contributed by atoms with E-state index in [-0.39, 0.29) is 18.6 Å². The van der Waals surface area contributed by atoms with Crippen LogP contribution in [0.1, 0.15) is 20.8 Å². The van der Waals surface area contributed by atoms with Crippen LogP contribution in [0.15, 0.2) is 0 Å². The first-order valence-corrected chi connectivity index (χ1v) is 8.88. The first-order valence-electron chi connectivity index (χ1n) is 5.62. The highest BCUT2D eigenvalue weighted by Crippen LogP contribution is 2.09. The normalized spacial score (nSPS) is 16.5. The highest BCUT2D eigenvalue weighted by molar-refractivity contribution is 7.88. The van der Waals surface area contributed by atoms with Crippen molar-refractivity contribution in [2.45, 2.75) is 33.0 Å². The standard InChI is InChI=1S/C9H21NO7S2/c1-7(2)8(3)17-9(5-10-18(4,11)12)6-16-19(13,14)15/h7-10H,5-6H2,1-4H3,(H,13,14,15). The van der Waals surface area contributed by atoms with E-state index in [4.69, 9.17) is 9.29 Å². The number of sulfonamides is 1. The molecule has 0 aliphatic carbocycles. The third-order valence-electron chi connectivity index (χ3n) is 2.32. The van der Waals surface area contributed by atoms with Crippen LogP contribution in [0.3, 0.4) is 0 Å². The van der Waals surface area contributed by atoms with Crippen molar-refractivity contribution in [1.82, 2.24) is 4.72 Å². The summed E-state index contributed by atoms with van der Waals surface area (Å²) < 4.78 is 63.3. The molecule has 0 spiro atoms. The molecule has 0 aliphatic heterocycles. The molecule has 2 unspecified atom stereocenters. The molecule has 0 aromatic carbocycles. The summed E-state index contributed by atoms with van der Waals surface area (Å²) in [7, 11) is -8.01. The highest BCUT2D eigenvalue weighted by atomic mass is 32.3. The van der Waals surface area contributed by atoms with Crippen molar-refractivity contribution in [2.24, 2.45) is 5.92 Å². The zero-order valence-corrected chi connectivity index (χ0v) is 13.0. The molecule has 0 radical (unpaired) electrons. The van der Waals surface area contributed by atoms with Crippen LogP contribution < -0.4 is 4.72 Å². The zero-order chi connectivity index (χ0) is 15.3.